The van der Waals surface area contributed by atoms with Crippen LogP contribution < -0.4 is 0 Å². The molecule has 18 heavy (non-hydrogen) atoms. The third-order valence-electron chi connectivity index (χ3n) is 3.96. The van der Waals surface area contributed by atoms with Crippen LogP contribution in [-0.4, -0.2) is 18.3 Å². The molecule has 0 heterocycles. The Hall–Kier alpha value is -0.930. The molecule has 2 rings (SSSR count). The first-order valence-corrected chi connectivity index (χ1v) is 6.51. The van der Waals surface area contributed by atoms with Crippen LogP contribution in [0, 0.1) is 19.7 Å². The van der Waals surface area contributed by atoms with Crippen molar-refractivity contribution in [2.45, 2.75) is 51.2 Å². The molecule has 0 radical (unpaired) electrons. The maximum Gasteiger partial charge on any atom is 0.129 e. The van der Waals surface area contributed by atoms with Gasteiger partial charge >= 0.3 is 0 Å². The van der Waals surface area contributed by atoms with Crippen LogP contribution in [0.1, 0.15) is 42.4 Å². The molecular formula is C15H21FO2. The third-order valence-corrected chi connectivity index (χ3v) is 3.96. The van der Waals surface area contributed by atoms with Crippen molar-refractivity contribution in [3.63, 3.8) is 0 Å². The van der Waals surface area contributed by atoms with Crippen molar-refractivity contribution in [3.8, 4) is 0 Å². The summed E-state index contributed by atoms with van der Waals surface area (Å²) in [6.07, 6.45) is 2.95. The van der Waals surface area contributed by atoms with Gasteiger partial charge in [0.25, 0.3) is 0 Å². The molecular weight excluding hydrogens is 231 g/mol. The van der Waals surface area contributed by atoms with Crippen LogP contribution in [0.5, 0.6) is 0 Å². The Morgan fingerprint density at radius 3 is 2.67 bits per heavy atom. The van der Waals surface area contributed by atoms with Crippen molar-refractivity contribution >= 4 is 0 Å². The predicted molar refractivity (Wildman–Crippen MR) is 69.0 cm³/mol. The van der Waals surface area contributed by atoms with E-state index in [2.05, 4.69) is 0 Å². The van der Waals surface area contributed by atoms with Gasteiger partial charge in [0.2, 0.25) is 0 Å². The van der Waals surface area contributed by atoms with Crippen molar-refractivity contribution in [2.75, 3.05) is 7.11 Å². The molecule has 0 spiro atoms. The SMILES string of the molecule is COC1CCCCC1(O)c1c(C)cc(C)cc1F. The average molecular weight is 252 g/mol. The number of halogens is 1. The molecule has 1 aromatic rings. The van der Waals surface area contributed by atoms with Gasteiger partial charge in [0.05, 0.1) is 6.10 Å². The van der Waals surface area contributed by atoms with Crippen molar-refractivity contribution in [2.24, 2.45) is 0 Å². The molecule has 0 aromatic heterocycles. The Morgan fingerprint density at radius 2 is 2.06 bits per heavy atom. The second-order valence-electron chi connectivity index (χ2n) is 5.33. The summed E-state index contributed by atoms with van der Waals surface area (Å²) in [7, 11) is 1.59. The van der Waals surface area contributed by atoms with E-state index in [0.717, 1.165) is 30.4 Å². The van der Waals surface area contributed by atoms with Gasteiger partial charge in [-0.25, -0.2) is 4.39 Å². The fourth-order valence-corrected chi connectivity index (χ4v) is 3.19. The molecule has 1 aliphatic carbocycles. The summed E-state index contributed by atoms with van der Waals surface area (Å²) in [6, 6.07) is 3.40. The lowest BCUT2D eigenvalue weighted by Gasteiger charge is -2.40. The largest absolute Gasteiger partial charge is 0.382 e. The van der Waals surface area contributed by atoms with Crippen LogP contribution in [-0.2, 0) is 10.3 Å². The summed E-state index contributed by atoms with van der Waals surface area (Å²) in [4.78, 5) is 0. The molecule has 0 saturated heterocycles. The maximum absolute atomic E-state index is 14.2. The second kappa shape index (κ2) is 4.98. The number of aliphatic hydroxyl groups is 1. The molecule has 1 aliphatic rings. The van der Waals surface area contributed by atoms with E-state index in [1.807, 2.05) is 19.9 Å². The molecule has 2 nitrogen and oxygen atoms in total. The van der Waals surface area contributed by atoms with E-state index in [1.54, 1.807) is 7.11 Å². The first-order valence-electron chi connectivity index (χ1n) is 6.51. The van der Waals surface area contributed by atoms with Crippen LogP contribution in [0.2, 0.25) is 0 Å². The first kappa shape index (κ1) is 13.5. The van der Waals surface area contributed by atoms with Gasteiger partial charge in [-0.15, -0.1) is 0 Å². The van der Waals surface area contributed by atoms with E-state index in [1.165, 1.54) is 6.07 Å². The monoisotopic (exact) mass is 252 g/mol. The zero-order chi connectivity index (χ0) is 13.3. The number of aryl methyl sites for hydroxylation is 2. The Morgan fingerprint density at radius 1 is 1.33 bits per heavy atom. The van der Waals surface area contributed by atoms with Gasteiger partial charge in [0, 0.05) is 12.7 Å². The second-order valence-corrected chi connectivity index (χ2v) is 5.33. The van der Waals surface area contributed by atoms with Crippen molar-refractivity contribution in [3.05, 3.63) is 34.6 Å². The normalized spacial score (nSPS) is 28.4. The minimum atomic E-state index is -1.19. The Bertz CT molecular complexity index is 421. The van der Waals surface area contributed by atoms with Gasteiger partial charge in [-0.1, -0.05) is 18.9 Å². The van der Waals surface area contributed by atoms with Gasteiger partial charge in [-0.3, -0.25) is 0 Å². The summed E-state index contributed by atoms with van der Waals surface area (Å²) in [5.74, 6) is -0.320. The highest BCUT2D eigenvalue weighted by Gasteiger charge is 2.43. The van der Waals surface area contributed by atoms with Gasteiger partial charge in [0.15, 0.2) is 0 Å². The summed E-state index contributed by atoms with van der Waals surface area (Å²) < 4.78 is 19.6. The van der Waals surface area contributed by atoms with Crippen LogP contribution in [0.15, 0.2) is 12.1 Å². The minimum Gasteiger partial charge on any atom is -0.382 e. The van der Waals surface area contributed by atoms with Crippen LogP contribution in [0.25, 0.3) is 0 Å². The lowest BCUT2D eigenvalue weighted by Crippen LogP contribution is -2.44. The lowest BCUT2D eigenvalue weighted by atomic mass is 9.75. The standard InChI is InChI=1S/C15H21FO2/c1-10-8-11(2)14(12(16)9-10)15(17)7-5-4-6-13(15)18-3/h8-9,13,17H,4-7H2,1-3H3. The number of hydrogen-bond acceptors (Lipinski definition) is 2. The highest BCUT2D eigenvalue weighted by atomic mass is 19.1. The van der Waals surface area contributed by atoms with E-state index in [0.29, 0.717) is 12.0 Å². The van der Waals surface area contributed by atoms with Gasteiger partial charge in [0.1, 0.15) is 11.4 Å². The number of rotatable bonds is 2. The molecule has 1 N–H and O–H groups in total. The summed E-state index contributed by atoms with van der Waals surface area (Å²) in [5.41, 5.74) is 0.912. The molecule has 1 fully saturated rings. The molecule has 1 saturated carbocycles. The summed E-state index contributed by atoms with van der Waals surface area (Å²) in [6.45, 7) is 3.71. The van der Waals surface area contributed by atoms with Gasteiger partial charge in [-0.2, -0.15) is 0 Å². The van der Waals surface area contributed by atoms with E-state index in [4.69, 9.17) is 4.74 Å². The molecule has 0 aliphatic heterocycles. The van der Waals surface area contributed by atoms with Gasteiger partial charge < -0.3 is 9.84 Å². The molecule has 2 atom stereocenters. The highest BCUT2D eigenvalue weighted by molar-refractivity contribution is 5.37. The van der Waals surface area contributed by atoms with E-state index in [9.17, 15) is 9.50 Å². The van der Waals surface area contributed by atoms with Crippen LogP contribution in [0.4, 0.5) is 4.39 Å². The zero-order valence-corrected chi connectivity index (χ0v) is 11.3. The van der Waals surface area contributed by atoms with E-state index < -0.39 is 5.60 Å². The van der Waals surface area contributed by atoms with E-state index >= 15 is 0 Å². The number of hydrogen-bond donors (Lipinski definition) is 1. The molecule has 3 heteroatoms. The highest BCUT2D eigenvalue weighted by Crippen LogP contribution is 2.41. The van der Waals surface area contributed by atoms with E-state index in [-0.39, 0.29) is 11.9 Å². The molecule has 100 valence electrons. The van der Waals surface area contributed by atoms with Crippen LogP contribution >= 0.6 is 0 Å². The average Bonchev–Trinajstić information content (AvgIpc) is 2.27. The minimum absolute atomic E-state index is 0.317. The molecule has 0 bridgehead atoms. The smallest absolute Gasteiger partial charge is 0.129 e. The number of ether oxygens (including phenoxy) is 1. The molecule has 0 amide bonds. The number of benzene rings is 1. The van der Waals surface area contributed by atoms with Crippen molar-refractivity contribution < 1.29 is 14.2 Å². The quantitative estimate of drug-likeness (QED) is 0.875. The van der Waals surface area contributed by atoms with Crippen molar-refractivity contribution in [1.29, 1.82) is 0 Å². The first-order chi connectivity index (χ1) is 8.49. The van der Waals surface area contributed by atoms with Crippen LogP contribution in [0.3, 0.4) is 0 Å². The Balaban J connectivity index is 2.51. The third kappa shape index (κ3) is 2.17. The predicted octanol–water partition coefficient (Wildman–Crippen LogP) is 3.22. The maximum atomic E-state index is 14.2. The molecule has 1 aromatic carbocycles. The fourth-order valence-electron chi connectivity index (χ4n) is 3.19. The fraction of sp³-hybridized carbons (Fsp3) is 0.600. The lowest BCUT2D eigenvalue weighted by molar-refractivity contribution is -0.124. The Kier molecular flexibility index (Phi) is 3.74. The van der Waals surface area contributed by atoms with Crippen molar-refractivity contribution in [1.82, 2.24) is 0 Å². The zero-order valence-electron chi connectivity index (χ0n) is 11.3. The summed E-state index contributed by atoms with van der Waals surface area (Å²) in [5, 5.41) is 10.9. The topological polar surface area (TPSA) is 29.5 Å². The molecule has 2 unspecified atom stereocenters. The summed E-state index contributed by atoms with van der Waals surface area (Å²) >= 11 is 0. The number of methoxy groups -OCH3 is 1. The Labute approximate surface area is 108 Å². The van der Waals surface area contributed by atoms with Gasteiger partial charge in [-0.05, 0) is 43.9 Å².